The fourth-order valence-electron chi connectivity index (χ4n) is 3.25. The molecule has 1 heterocycles. The van der Waals surface area contributed by atoms with E-state index in [1.165, 1.54) is 44.5 Å². The number of benzene rings is 2. The fourth-order valence-corrected chi connectivity index (χ4v) is 4.51. The molecular weight excluding hydrogens is 346 g/mol. The van der Waals surface area contributed by atoms with Crippen LogP contribution >= 0.6 is 0 Å². The zero-order valence-electron chi connectivity index (χ0n) is 15.0. The van der Waals surface area contributed by atoms with Gasteiger partial charge in [0.1, 0.15) is 0 Å². The monoisotopic (exact) mass is 373 g/mol. The Labute approximate surface area is 156 Å². The van der Waals surface area contributed by atoms with Crippen molar-refractivity contribution in [2.24, 2.45) is 0 Å². The summed E-state index contributed by atoms with van der Waals surface area (Å²) in [5.41, 5.74) is 7.12. The van der Waals surface area contributed by atoms with Crippen molar-refractivity contribution in [3.05, 3.63) is 48.5 Å². The van der Waals surface area contributed by atoms with Gasteiger partial charge in [-0.2, -0.15) is 0 Å². The highest BCUT2D eigenvalue weighted by atomic mass is 32.2. The minimum absolute atomic E-state index is 0.258. The lowest BCUT2D eigenvalue weighted by molar-refractivity contribution is 0.228. The van der Waals surface area contributed by atoms with E-state index in [-0.39, 0.29) is 4.90 Å². The fraction of sp³-hybridized carbons (Fsp3) is 0.400. The van der Waals surface area contributed by atoms with Gasteiger partial charge in [0.2, 0.25) is 9.84 Å². The summed E-state index contributed by atoms with van der Waals surface area (Å²) in [5.74, 6) is 0. The van der Waals surface area contributed by atoms with Crippen molar-refractivity contribution in [2.45, 2.75) is 35.5 Å². The van der Waals surface area contributed by atoms with Crippen LogP contribution in [0, 0.1) is 0 Å². The molecule has 2 aromatic carbocycles. The van der Waals surface area contributed by atoms with Gasteiger partial charge in [0.05, 0.1) is 9.79 Å². The van der Waals surface area contributed by atoms with Crippen LogP contribution in [0.3, 0.4) is 0 Å². The van der Waals surface area contributed by atoms with Gasteiger partial charge in [-0.25, -0.2) is 8.42 Å². The van der Waals surface area contributed by atoms with Crippen LogP contribution < -0.4 is 11.1 Å². The molecule has 1 aliphatic heterocycles. The summed E-state index contributed by atoms with van der Waals surface area (Å²) in [7, 11) is -3.50. The minimum Gasteiger partial charge on any atom is -0.399 e. The quantitative estimate of drug-likeness (QED) is 0.575. The third-order valence-electron chi connectivity index (χ3n) is 4.78. The standard InChI is InChI=1S/C20H27N3O2S/c21-17-5-9-19(10-6-17)26(24,25)20-11-7-18(8-12-20)22-13-4-16-23-14-2-1-3-15-23/h5-12,22H,1-4,13-16,21H2. The minimum atomic E-state index is -3.50. The van der Waals surface area contributed by atoms with Crippen LogP contribution in [-0.4, -0.2) is 39.5 Å². The number of nitrogen functional groups attached to an aromatic ring is 1. The average molecular weight is 374 g/mol. The predicted octanol–water partition coefficient (Wildman–Crippen LogP) is 3.39. The number of anilines is 2. The number of nitrogens with zero attached hydrogens (tertiary/aromatic N) is 1. The molecule has 1 saturated heterocycles. The molecule has 5 nitrogen and oxygen atoms in total. The molecule has 0 unspecified atom stereocenters. The van der Waals surface area contributed by atoms with Crippen molar-refractivity contribution in [3.63, 3.8) is 0 Å². The van der Waals surface area contributed by atoms with Crippen molar-refractivity contribution >= 4 is 21.2 Å². The van der Waals surface area contributed by atoms with Gasteiger partial charge >= 0.3 is 0 Å². The molecule has 0 saturated carbocycles. The van der Waals surface area contributed by atoms with E-state index in [4.69, 9.17) is 5.73 Å². The first-order valence-corrected chi connectivity index (χ1v) is 10.7. The number of likely N-dealkylation sites (tertiary alicyclic amines) is 1. The lowest BCUT2D eigenvalue weighted by Gasteiger charge is -2.26. The number of hydrogen-bond donors (Lipinski definition) is 2. The second-order valence-corrected chi connectivity index (χ2v) is 8.73. The lowest BCUT2D eigenvalue weighted by Crippen LogP contribution is -2.31. The first-order chi connectivity index (χ1) is 12.6. The lowest BCUT2D eigenvalue weighted by atomic mass is 10.1. The molecule has 0 radical (unpaired) electrons. The molecule has 0 spiro atoms. The molecule has 3 rings (SSSR count). The van der Waals surface area contributed by atoms with Gasteiger partial charge in [0.15, 0.2) is 0 Å². The van der Waals surface area contributed by atoms with Gasteiger partial charge in [-0.1, -0.05) is 6.42 Å². The number of hydrogen-bond acceptors (Lipinski definition) is 5. The maximum absolute atomic E-state index is 12.6. The molecule has 26 heavy (non-hydrogen) atoms. The Balaban J connectivity index is 1.53. The normalized spacial score (nSPS) is 15.7. The molecule has 2 aromatic rings. The summed E-state index contributed by atoms with van der Waals surface area (Å²) in [6.45, 7) is 4.45. The van der Waals surface area contributed by atoms with E-state index in [0.717, 1.165) is 25.2 Å². The van der Waals surface area contributed by atoms with E-state index in [1.807, 2.05) is 12.1 Å². The Morgan fingerprint density at radius 1 is 0.885 bits per heavy atom. The molecule has 1 aliphatic rings. The maximum Gasteiger partial charge on any atom is 0.206 e. The van der Waals surface area contributed by atoms with E-state index in [1.54, 1.807) is 24.3 Å². The number of nitrogens with one attached hydrogen (secondary N) is 1. The van der Waals surface area contributed by atoms with Gasteiger partial charge in [0.25, 0.3) is 0 Å². The number of sulfone groups is 1. The van der Waals surface area contributed by atoms with Crippen LogP contribution in [0.25, 0.3) is 0 Å². The molecular formula is C20H27N3O2S. The Morgan fingerprint density at radius 3 is 2.08 bits per heavy atom. The van der Waals surface area contributed by atoms with Gasteiger partial charge in [-0.05, 0) is 87.4 Å². The SMILES string of the molecule is Nc1ccc(S(=O)(=O)c2ccc(NCCCN3CCCCC3)cc2)cc1. The highest BCUT2D eigenvalue weighted by molar-refractivity contribution is 7.91. The van der Waals surface area contributed by atoms with E-state index >= 15 is 0 Å². The van der Waals surface area contributed by atoms with Gasteiger partial charge < -0.3 is 16.0 Å². The summed E-state index contributed by atoms with van der Waals surface area (Å²) in [6, 6.07) is 13.2. The largest absolute Gasteiger partial charge is 0.399 e. The molecule has 6 heteroatoms. The highest BCUT2D eigenvalue weighted by Crippen LogP contribution is 2.23. The van der Waals surface area contributed by atoms with Crippen molar-refractivity contribution < 1.29 is 8.42 Å². The van der Waals surface area contributed by atoms with Crippen molar-refractivity contribution in [1.82, 2.24) is 4.90 Å². The van der Waals surface area contributed by atoms with Crippen LogP contribution in [0.1, 0.15) is 25.7 Å². The first kappa shape index (κ1) is 18.7. The maximum atomic E-state index is 12.6. The molecule has 0 amide bonds. The van der Waals surface area contributed by atoms with Crippen LogP contribution in [0.15, 0.2) is 58.3 Å². The molecule has 0 aromatic heterocycles. The molecule has 140 valence electrons. The summed E-state index contributed by atoms with van der Waals surface area (Å²) < 4.78 is 25.3. The highest BCUT2D eigenvalue weighted by Gasteiger charge is 2.17. The average Bonchev–Trinajstić information content (AvgIpc) is 2.67. The summed E-state index contributed by atoms with van der Waals surface area (Å²) in [5, 5.41) is 3.37. The third-order valence-corrected chi connectivity index (χ3v) is 6.57. The first-order valence-electron chi connectivity index (χ1n) is 9.23. The third kappa shape index (κ3) is 4.77. The number of piperidine rings is 1. The van der Waals surface area contributed by atoms with E-state index in [0.29, 0.717) is 10.6 Å². The van der Waals surface area contributed by atoms with Gasteiger partial charge in [0, 0.05) is 17.9 Å². The van der Waals surface area contributed by atoms with E-state index < -0.39 is 9.84 Å². The molecule has 3 N–H and O–H groups in total. The van der Waals surface area contributed by atoms with Crippen LogP contribution in [-0.2, 0) is 9.84 Å². The van der Waals surface area contributed by atoms with Gasteiger partial charge in [-0.3, -0.25) is 0 Å². The Kier molecular flexibility index (Phi) is 6.16. The molecule has 0 bridgehead atoms. The second kappa shape index (κ2) is 8.56. The smallest absolute Gasteiger partial charge is 0.206 e. The summed E-state index contributed by atoms with van der Waals surface area (Å²) in [4.78, 5) is 3.07. The van der Waals surface area contributed by atoms with Crippen LogP contribution in [0.2, 0.25) is 0 Å². The topological polar surface area (TPSA) is 75.4 Å². The van der Waals surface area contributed by atoms with Crippen LogP contribution in [0.4, 0.5) is 11.4 Å². The second-order valence-electron chi connectivity index (χ2n) is 6.78. The van der Waals surface area contributed by atoms with Gasteiger partial charge in [-0.15, -0.1) is 0 Å². The Morgan fingerprint density at radius 2 is 1.46 bits per heavy atom. The van der Waals surface area contributed by atoms with Crippen molar-refractivity contribution in [2.75, 3.05) is 37.2 Å². The molecule has 1 fully saturated rings. The predicted molar refractivity (Wildman–Crippen MR) is 106 cm³/mol. The summed E-state index contributed by atoms with van der Waals surface area (Å²) in [6.07, 6.45) is 5.08. The van der Waals surface area contributed by atoms with Crippen molar-refractivity contribution in [1.29, 1.82) is 0 Å². The number of nitrogens with two attached hydrogens (primary N) is 1. The zero-order valence-corrected chi connectivity index (χ0v) is 15.8. The Hall–Kier alpha value is -2.05. The van der Waals surface area contributed by atoms with Crippen LogP contribution in [0.5, 0.6) is 0 Å². The molecule has 0 atom stereocenters. The summed E-state index contributed by atoms with van der Waals surface area (Å²) >= 11 is 0. The number of rotatable bonds is 7. The van der Waals surface area contributed by atoms with Crippen molar-refractivity contribution in [3.8, 4) is 0 Å². The molecule has 0 aliphatic carbocycles. The van der Waals surface area contributed by atoms with E-state index in [9.17, 15) is 8.42 Å². The zero-order chi connectivity index (χ0) is 18.4. The van der Waals surface area contributed by atoms with E-state index in [2.05, 4.69) is 10.2 Å². The Bertz CT molecular complexity index is 796.